The first-order valence-electron chi connectivity index (χ1n) is 8.19. The zero-order valence-electron chi connectivity index (χ0n) is 14.2. The van der Waals surface area contributed by atoms with Crippen LogP contribution in [0, 0.1) is 18.8 Å². The molecule has 142 valence electrons. The number of ether oxygens (including phenoxy) is 1. The Kier molecular flexibility index (Phi) is 7.45. The van der Waals surface area contributed by atoms with Gasteiger partial charge in [-0.25, -0.2) is 0 Å². The highest BCUT2D eigenvalue weighted by Gasteiger charge is 2.35. The first kappa shape index (κ1) is 20.7. The molecule has 1 fully saturated rings. The number of aliphatic carboxylic acids is 1. The number of carboxylic acids is 1. The quantitative estimate of drug-likeness (QED) is 0.549. The van der Waals surface area contributed by atoms with Gasteiger partial charge in [0.05, 0.1) is 16.3 Å². The molecular weight excluding hydrogens is 472 g/mol. The van der Waals surface area contributed by atoms with E-state index in [-0.39, 0.29) is 6.61 Å². The van der Waals surface area contributed by atoms with Gasteiger partial charge in [-0.1, -0.05) is 28.8 Å². The summed E-state index contributed by atoms with van der Waals surface area (Å²) in [6, 6.07) is 3.66. The zero-order valence-corrected chi connectivity index (χ0v) is 17.4. The van der Waals surface area contributed by atoms with Gasteiger partial charge in [0, 0.05) is 4.47 Å². The topological polar surface area (TPSA) is 105 Å². The summed E-state index contributed by atoms with van der Waals surface area (Å²) < 4.78 is 7.08. The van der Waals surface area contributed by atoms with Gasteiger partial charge >= 0.3 is 5.97 Å². The van der Waals surface area contributed by atoms with Gasteiger partial charge in [0.25, 0.3) is 5.91 Å². The number of hydrogen-bond acceptors (Lipinski definition) is 4. The second-order valence-corrected chi connectivity index (χ2v) is 7.97. The fourth-order valence-electron chi connectivity index (χ4n) is 3.01. The van der Waals surface area contributed by atoms with E-state index in [0.29, 0.717) is 23.1 Å². The Morgan fingerprint density at radius 2 is 1.81 bits per heavy atom. The van der Waals surface area contributed by atoms with Crippen LogP contribution >= 0.6 is 31.9 Å². The van der Waals surface area contributed by atoms with E-state index in [9.17, 15) is 19.5 Å². The standard InChI is InChI=1S/C17H20Br2N2O5/c1-9-6-10(18)7-13(19)15(9)26-8-14(22)20-21-16(23)11-4-2-3-5-12(11)17(24)25/h6-7,11-12H,2-5,8H2,1H3,(H,20,22)(H,21,23)(H,24,25)/t11-,12+/m1/s1. The average Bonchev–Trinajstić information content (AvgIpc) is 2.58. The number of carbonyl (C=O) groups excluding carboxylic acids is 2. The van der Waals surface area contributed by atoms with Crippen molar-refractivity contribution < 1.29 is 24.2 Å². The van der Waals surface area contributed by atoms with Gasteiger partial charge in [-0.3, -0.25) is 25.2 Å². The van der Waals surface area contributed by atoms with Crippen molar-refractivity contribution in [3.05, 3.63) is 26.6 Å². The molecule has 3 N–H and O–H groups in total. The minimum Gasteiger partial charge on any atom is -0.482 e. The summed E-state index contributed by atoms with van der Waals surface area (Å²) in [5.74, 6) is -2.80. The third-order valence-corrected chi connectivity index (χ3v) is 5.33. The van der Waals surface area contributed by atoms with Crippen LogP contribution in [0.4, 0.5) is 0 Å². The van der Waals surface area contributed by atoms with Gasteiger partial charge in [0.15, 0.2) is 6.61 Å². The van der Waals surface area contributed by atoms with Crippen molar-refractivity contribution in [1.29, 1.82) is 0 Å². The molecule has 1 saturated carbocycles. The van der Waals surface area contributed by atoms with Crippen LogP contribution < -0.4 is 15.6 Å². The number of nitrogens with one attached hydrogen (secondary N) is 2. The molecule has 1 aromatic rings. The highest BCUT2D eigenvalue weighted by atomic mass is 79.9. The first-order chi connectivity index (χ1) is 12.3. The van der Waals surface area contributed by atoms with Crippen LogP contribution in [0.3, 0.4) is 0 Å². The highest BCUT2D eigenvalue weighted by Crippen LogP contribution is 2.32. The SMILES string of the molecule is Cc1cc(Br)cc(Br)c1OCC(=O)NNC(=O)[C@@H]1CCCC[C@@H]1C(=O)O. The predicted molar refractivity (Wildman–Crippen MR) is 101 cm³/mol. The van der Waals surface area contributed by atoms with Crippen LogP contribution in [0.5, 0.6) is 5.75 Å². The third-order valence-electron chi connectivity index (χ3n) is 4.29. The number of hydrazine groups is 1. The molecular formula is C17H20Br2N2O5. The van der Waals surface area contributed by atoms with Crippen LogP contribution in [0.25, 0.3) is 0 Å². The number of carboxylic acid groups (broad SMARTS) is 1. The summed E-state index contributed by atoms with van der Waals surface area (Å²) in [6.07, 6.45) is 2.57. The lowest BCUT2D eigenvalue weighted by Gasteiger charge is -2.27. The van der Waals surface area contributed by atoms with E-state index < -0.39 is 29.6 Å². The normalized spacial score (nSPS) is 19.5. The molecule has 1 aromatic carbocycles. The molecule has 0 radical (unpaired) electrons. The molecule has 0 bridgehead atoms. The molecule has 0 aliphatic heterocycles. The van der Waals surface area contributed by atoms with E-state index in [1.807, 2.05) is 13.0 Å². The van der Waals surface area contributed by atoms with Crippen molar-refractivity contribution in [2.45, 2.75) is 32.6 Å². The Hall–Kier alpha value is -1.61. The molecule has 0 aromatic heterocycles. The van der Waals surface area contributed by atoms with E-state index in [2.05, 4.69) is 42.7 Å². The molecule has 9 heteroatoms. The Labute approximate surface area is 168 Å². The van der Waals surface area contributed by atoms with Gasteiger partial charge in [-0.05, 0) is 53.4 Å². The van der Waals surface area contributed by atoms with E-state index in [4.69, 9.17) is 4.74 Å². The second-order valence-electron chi connectivity index (χ2n) is 6.20. The van der Waals surface area contributed by atoms with Crippen LogP contribution in [0.1, 0.15) is 31.2 Å². The van der Waals surface area contributed by atoms with Crippen molar-refractivity contribution in [3.63, 3.8) is 0 Å². The van der Waals surface area contributed by atoms with Crippen molar-refractivity contribution in [1.82, 2.24) is 10.9 Å². The minimum absolute atomic E-state index is 0.283. The van der Waals surface area contributed by atoms with E-state index in [1.54, 1.807) is 6.07 Å². The number of rotatable bonds is 5. The number of halogens is 2. The maximum atomic E-state index is 12.2. The largest absolute Gasteiger partial charge is 0.482 e. The lowest BCUT2D eigenvalue weighted by molar-refractivity contribution is -0.149. The minimum atomic E-state index is -0.977. The predicted octanol–water partition coefficient (Wildman–Crippen LogP) is 2.94. The van der Waals surface area contributed by atoms with Gasteiger partial charge in [0.1, 0.15) is 5.75 Å². The first-order valence-corrected chi connectivity index (χ1v) is 9.78. The van der Waals surface area contributed by atoms with Gasteiger partial charge in [-0.15, -0.1) is 0 Å². The van der Waals surface area contributed by atoms with E-state index in [1.165, 1.54) is 0 Å². The van der Waals surface area contributed by atoms with Crippen LogP contribution in [-0.4, -0.2) is 29.5 Å². The molecule has 0 unspecified atom stereocenters. The zero-order chi connectivity index (χ0) is 19.3. The van der Waals surface area contributed by atoms with Crippen molar-refractivity contribution in [2.24, 2.45) is 11.8 Å². The van der Waals surface area contributed by atoms with Crippen molar-refractivity contribution >= 4 is 49.6 Å². The third kappa shape index (κ3) is 5.44. The number of aryl methyl sites for hydroxylation is 1. The molecule has 26 heavy (non-hydrogen) atoms. The molecule has 0 saturated heterocycles. The summed E-state index contributed by atoms with van der Waals surface area (Å²) in [6.45, 7) is 1.56. The van der Waals surface area contributed by atoms with E-state index >= 15 is 0 Å². The van der Waals surface area contributed by atoms with Crippen LogP contribution in [0.2, 0.25) is 0 Å². The smallest absolute Gasteiger partial charge is 0.307 e. The summed E-state index contributed by atoms with van der Waals surface area (Å²) in [7, 11) is 0. The van der Waals surface area contributed by atoms with Crippen molar-refractivity contribution in [3.8, 4) is 5.75 Å². The molecule has 2 rings (SSSR count). The highest BCUT2D eigenvalue weighted by molar-refractivity contribution is 9.11. The maximum absolute atomic E-state index is 12.2. The van der Waals surface area contributed by atoms with Gasteiger partial charge in [0.2, 0.25) is 5.91 Å². The summed E-state index contributed by atoms with van der Waals surface area (Å²) in [5, 5.41) is 9.22. The average molecular weight is 492 g/mol. The number of carbonyl (C=O) groups is 3. The number of hydrogen-bond donors (Lipinski definition) is 3. The molecule has 7 nitrogen and oxygen atoms in total. The summed E-state index contributed by atoms with van der Waals surface area (Å²) in [4.78, 5) is 35.4. The molecule has 1 aliphatic rings. The second kappa shape index (κ2) is 9.36. The summed E-state index contributed by atoms with van der Waals surface area (Å²) >= 11 is 6.74. The maximum Gasteiger partial charge on any atom is 0.307 e. The summed E-state index contributed by atoms with van der Waals surface area (Å²) in [5.41, 5.74) is 5.43. The molecule has 1 aliphatic carbocycles. The fraction of sp³-hybridized carbons (Fsp3) is 0.471. The lowest BCUT2D eigenvalue weighted by atomic mass is 9.79. The Morgan fingerprint density at radius 1 is 1.15 bits per heavy atom. The van der Waals surface area contributed by atoms with Gasteiger partial charge < -0.3 is 9.84 Å². The monoisotopic (exact) mass is 490 g/mol. The molecule has 0 heterocycles. The van der Waals surface area contributed by atoms with Crippen molar-refractivity contribution in [2.75, 3.05) is 6.61 Å². The molecule has 2 atom stereocenters. The Balaban J connectivity index is 1.85. The van der Waals surface area contributed by atoms with Gasteiger partial charge in [-0.2, -0.15) is 0 Å². The number of amides is 2. The Bertz CT molecular complexity index is 687. The number of benzene rings is 1. The van der Waals surface area contributed by atoms with Crippen LogP contribution in [-0.2, 0) is 14.4 Å². The molecule has 0 spiro atoms. The Morgan fingerprint density at radius 3 is 2.42 bits per heavy atom. The fourth-order valence-corrected chi connectivity index (χ4v) is 4.56. The van der Waals surface area contributed by atoms with E-state index in [0.717, 1.165) is 22.9 Å². The molecule has 2 amide bonds. The lowest BCUT2D eigenvalue weighted by Crippen LogP contribution is -2.49. The van der Waals surface area contributed by atoms with Crippen LogP contribution in [0.15, 0.2) is 21.1 Å².